The zero-order valence-corrected chi connectivity index (χ0v) is 6.90. The fourth-order valence-electron chi connectivity index (χ4n) is 1.01. The van der Waals surface area contributed by atoms with Gasteiger partial charge in [-0.1, -0.05) is 6.07 Å². The van der Waals surface area contributed by atoms with Crippen LogP contribution < -0.4 is 0 Å². The third-order valence-electron chi connectivity index (χ3n) is 1.70. The average molecular weight is 178 g/mol. The molecule has 13 heavy (non-hydrogen) atoms. The second-order valence-electron chi connectivity index (χ2n) is 2.58. The Kier molecular flexibility index (Phi) is 2.74. The zero-order valence-electron chi connectivity index (χ0n) is 6.90. The van der Waals surface area contributed by atoms with Crippen LogP contribution >= 0.6 is 0 Å². The summed E-state index contributed by atoms with van der Waals surface area (Å²) in [6.07, 6.45) is 0.869. The number of hydrogen-bond acceptors (Lipinski definition) is 3. The molecule has 0 saturated carbocycles. The van der Waals surface area contributed by atoms with E-state index in [1.54, 1.807) is 0 Å². The second kappa shape index (κ2) is 3.80. The number of nitro groups is 1. The number of nitro benzene ring substituents is 1. The van der Waals surface area contributed by atoms with Gasteiger partial charge in [-0.15, -0.1) is 0 Å². The van der Waals surface area contributed by atoms with Crippen molar-refractivity contribution in [2.24, 2.45) is 0 Å². The van der Waals surface area contributed by atoms with Gasteiger partial charge in [-0.05, 0) is 18.1 Å². The first-order chi connectivity index (χ1) is 6.15. The van der Waals surface area contributed by atoms with Crippen LogP contribution in [0.5, 0.6) is 0 Å². The summed E-state index contributed by atoms with van der Waals surface area (Å²) in [5.74, 6) is 0. The molecule has 0 spiro atoms. The number of non-ortho nitro benzene ring substituents is 1. The summed E-state index contributed by atoms with van der Waals surface area (Å²) in [7, 11) is 0. The van der Waals surface area contributed by atoms with Crippen LogP contribution in [0.3, 0.4) is 0 Å². The van der Waals surface area contributed by atoms with Gasteiger partial charge in [-0.2, -0.15) is 0 Å². The van der Waals surface area contributed by atoms with Crippen molar-refractivity contribution in [1.82, 2.24) is 0 Å². The van der Waals surface area contributed by atoms with Crippen molar-refractivity contribution in [3.8, 4) is 0 Å². The Morgan fingerprint density at radius 2 is 2.23 bits per heavy atom. The van der Waals surface area contributed by atoms with Gasteiger partial charge in [0.25, 0.3) is 5.69 Å². The van der Waals surface area contributed by atoms with Gasteiger partial charge in [-0.25, -0.2) is 0 Å². The second-order valence-corrected chi connectivity index (χ2v) is 2.58. The molecule has 0 bridgehead atoms. The van der Waals surface area contributed by atoms with Gasteiger partial charge < -0.3 is 4.79 Å². The maximum absolute atomic E-state index is 10.4. The standard InChI is InChI=1S/C9H8NO3/c1-7-2-3-9(10(12)13)6-8(7)4-5-11/h2-3,5-6H,1,4H2. The SMILES string of the molecule is [CH2]c1ccc([N+](=O)[O-])cc1CC=O. The highest BCUT2D eigenvalue weighted by molar-refractivity contribution is 5.58. The van der Waals surface area contributed by atoms with Gasteiger partial charge in [0, 0.05) is 18.6 Å². The van der Waals surface area contributed by atoms with E-state index in [1.165, 1.54) is 18.2 Å². The molecular weight excluding hydrogens is 170 g/mol. The molecule has 0 N–H and O–H groups in total. The number of carbonyl (C=O) groups is 1. The highest BCUT2D eigenvalue weighted by Crippen LogP contribution is 2.16. The Bertz CT molecular complexity index is 347. The third-order valence-corrected chi connectivity index (χ3v) is 1.70. The van der Waals surface area contributed by atoms with Crippen LogP contribution in [-0.4, -0.2) is 11.2 Å². The number of carbonyl (C=O) groups excluding carboxylic acids is 1. The fraction of sp³-hybridized carbons (Fsp3) is 0.111. The molecular formula is C9H8NO3. The Balaban J connectivity index is 3.10. The maximum Gasteiger partial charge on any atom is 0.269 e. The topological polar surface area (TPSA) is 60.2 Å². The molecule has 1 aromatic carbocycles. The Morgan fingerprint density at radius 3 is 2.77 bits per heavy atom. The lowest BCUT2D eigenvalue weighted by atomic mass is 10.1. The monoisotopic (exact) mass is 178 g/mol. The summed E-state index contributed by atoms with van der Waals surface area (Å²) in [6, 6.07) is 4.28. The summed E-state index contributed by atoms with van der Waals surface area (Å²) in [6.45, 7) is 3.66. The molecule has 0 heterocycles. The van der Waals surface area contributed by atoms with Gasteiger partial charge in [0.1, 0.15) is 6.29 Å². The number of aldehydes is 1. The van der Waals surface area contributed by atoms with Crippen LogP contribution in [0, 0.1) is 17.0 Å². The van der Waals surface area contributed by atoms with Crippen molar-refractivity contribution in [3.05, 3.63) is 46.4 Å². The lowest BCUT2D eigenvalue weighted by Crippen LogP contribution is -1.94. The van der Waals surface area contributed by atoms with E-state index in [-0.39, 0.29) is 12.1 Å². The van der Waals surface area contributed by atoms with E-state index in [0.717, 1.165) is 0 Å². The van der Waals surface area contributed by atoms with E-state index < -0.39 is 4.92 Å². The van der Waals surface area contributed by atoms with E-state index in [1.807, 2.05) is 0 Å². The highest BCUT2D eigenvalue weighted by atomic mass is 16.6. The van der Waals surface area contributed by atoms with Crippen LogP contribution in [0.2, 0.25) is 0 Å². The predicted octanol–water partition coefficient (Wildman–Crippen LogP) is 1.52. The van der Waals surface area contributed by atoms with E-state index in [9.17, 15) is 14.9 Å². The van der Waals surface area contributed by atoms with Crippen LogP contribution in [0.4, 0.5) is 5.69 Å². The molecule has 4 nitrogen and oxygen atoms in total. The molecule has 0 fully saturated rings. The van der Waals surface area contributed by atoms with Crippen molar-refractivity contribution in [1.29, 1.82) is 0 Å². The number of nitrogens with zero attached hydrogens (tertiary/aromatic N) is 1. The molecule has 1 aromatic rings. The molecule has 0 aliphatic heterocycles. The molecule has 1 rings (SSSR count). The van der Waals surface area contributed by atoms with Crippen molar-refractivity contribution in [2.45, 2.75) is 6.42 Å². The summed E-state index contributed by atoms with van der Waals surface area (Å²) in [4.78, 5) is 20.1. The van der Waals surface area contributed by atoms with Gasteiger partial charge in [-0.3, -0.25) is 10.1 Å². The quantitative estimate of drug-likeness (QED) is 0.400. The van der Waals surface area contributed by atoms with Crippen LogP contribution in [0.25, 0.3) is 0 Å². The van der Waals surface area contributed by atoms with Gasteiger partial charge in [0.2, 0.25) is 0 Å². The first kappa shape index (κ1) is 9.38. The minimum Gasteiger partial charge on any atom is -0.303 e. The van der Waals surface area contributed by atoms with Crippen molar-refractivity contribution in [2.75, 3.05) is 0 Å². The number of hydrogen-bond donors (Lipinski definition) is 0. The largest absolute Gasteiger partial charge is 0.303 e. The predicted molar refractivity (Wildman–Crippen MR) is 47.3 cm³/mol. The van der Waals surface area contributed by atoms with E-state index >= 15 is 0 Å². The van der Waals surface area contributed by atoms with Crippen LogP contribution in [-0.2, 0) is 11.2 Å². The van der Waals surface area contributed by atoms with E-state index in [4.69, 9.17) is 0 Å². The summed E-state index contributed by atoms with van der Waals surface area (Å²) >= 11 is 0. The molecule has 1 radical (unpaired) electrons. The minimum atomic E-state index is -0.492. The molecule has 0 saturated heterocycles. The number of rotatable bonds is 3. The highest BCUT2D eigenvalue weighted by Gasteiger charge is 2.07. The molecule has 0 amide bonds. The van der Waals surface area contributed by atoms with Crippen molar-refractivity contribution >= 4 is 12.0 Å². The van der Waals surface area contributed by atoms with Gasteiger partial charge in [0.05, 0.1) is 4.92 Å². The zero-order chi connectivity index (χ0) is 9.84. The smallest absolute Gasteiger partial charge is 0.269 e. The normalized spacial score (nSPS) is 9.62. The van der Waals surface area contributed by atoms with Crippen LogP contribution in [0.1, 0.15) is 11.1 Å². The molecule has 4 heteroatoms. The lowest BCUT2D eigenvalue weighted by molar-refractivity contribution is -0.384. The first-order valence-corrected chi connectivity index (χ1v) is 3.68. The van der Waals surface area contributed by atoms with E-state index in [0.29, 0.717) is 17.4 Å². The average Bonchev–Trinajstić information content (AvgIpc) is 2.08. The summed E-state index contributed by atoms with van der Waals surface area (Å²) in [5.41, 5.74) is 1.24. The lowest BCUT2D eigenvalue weighted by Gasteiger charge is -2.00. The van der Waals surface area contributed by atoms with Crippen molar-refractivity contribution < 1.29 is 9.72 Å². The molecule has 0 unspecified atom stereocenters. The van der Waals surface area contributed by atoms with Gasteiger partial charge in [0.15, 0.2) is 0 Å². The molecule has 0 aromatic heterocycles. The maximum atomic E-state index is 10.4. The first-order valence-electron chi connectivity index (χ1n) is 3.68. The Labute approximate surface area is 75.3 Å². The summed E-state index contributed by atoms with van der Waals surface area (Å²) in [5, 5.41) is 10.4. The van der Waals surface area contributed by atoms with Gasteiger partial charge >= 0.3 is 0 Å². The Hall–Kier alpha value is -1.71. The molecule has 0 atom stereocenters. The van der Waals surface area contributed by atoms with E-state index in [2.05, 4.69) is 6.92 Å². The van der Waals surface area contributed by atoms with Crippen molar-refractivity contribution in [3.63, 3.8) is 0 Å². The molecule has 0 aliphatic carbocycles. The third kappa shape index (κ3) is 2.11. The fourth-order valence-corrected chi connectivity index (χ4v) is 1.01. The minimum absolute atomic E-state index is 0.00995. The number of benzene rings is 1. The summed E-state index contributed by atoms with van der Waals surface area (Å²) < 4.78 is 0. The molecule has 67 valence electrons. The Morgan fingerprint density at radius 1 is 1.54 bits per heavy atom. The van der Waals surface area contributed by atoms with Crippen LogP contribution in [0.15, 0.2) is 18.2 Å². The molecule has 0 aliphatic rings.